The number of nitro groups is 1. The number of rotatable bonds is 3. The molecule has 1 unspecified atom stereocenters. The molecule has 0 saturated carbocycles. The molecule has 1 heterocycles. The van der Waals surface area contributed by atoms with Crippen LogP contribution in [0.4, 0.5) is 5.69 Å². The van der Waals surface area contributed by atoms with Crippen LogP contribution in [-0.2, 0) is 4.74 Å². The van der Waals surface area contributed by atoms with Gasteiger partial charge in [0.2, 0.25) is 0 Å². The first-order chi connectivity index (χ1) is 9.52. The second kappa shape index (κ2) is 6.19. The maximum absolute atomic E-state index is 12.4. The number of hydrogen-bond donors (Lipinski definition) is 0. The van der Waals surface area contributed by atoms with Crippen LogP contribution in [0.5, 0.6) is 0 Å². The fraction of sp³-hybridized carbons (Fsp3) is 0.462. The van der Waals surface area contributed by atoms with Crippen LogP contribution in [0.3, 0.4) is 0 Å². The Bertz CT molecular complexity index is 535. The highest BCUT2D eigenvalue weighted by molar-refractivity contribution is 6.32. The zero-order chi connectivity index (χ0) is 14.7. The number of amides is 1. The lowest BCUT2D eigenvalue weighted by Gasteiger charge is -2.31. The highest BCUT2D eigenvalue weighted by atomic mass is 35.5. The number of piperidine rings is 1. The van der Waals surface area contributed by atoms with Crippen LogP contribution < -0.4 is 0 Å². The standard InChI is InChI=1S/C13H15ClN2O4/c1-20-10-3-2-6-15(8-10)13(17)9-4-5-11(14)12(7-9)16(18)19/h4-5,7,10H,2-3,6,8H2,1H3. The Hall–Kier alpha value is -1.66. The maximum Gasteiger partial charge on any atom is 0.288 e. The summed E-state index contributed by atoms with van der Waals surface area (Å²) in [6.07, 6.45) is 1.80. The molecule has 0 aliphatic carbocycles. The first kappa shape index (κ1) is 14.7. The molecular weight excluding hydrogens is 284 g/mol. The molecule has 0 aromatic heterocycles. The molecule has 6 nitrogen and oxygen atoms in total. The van der Waals surface area contributed by atoms with Gasteiger partial charge in [0.05, 0.1) is 11.0 Å². The molecule has 0 bridgehead atoms. The summed E-state index contributed by atoms with van der Waals surface area (Å²) in [5.41, 5.74) is 0.0238. The van der Waals surface area contributed by atoms with Crippen molar-refractivity contribution in [3.8, 4) is 0 Å². The topological polar surface area (TPSA) is 72.7 Å². The first-order valence-corrected chi connectivity index (χ1v) is 6.66. The minimum absolute atomic E-state index is 0.0231. The van der Waals surface area contributed by atoms with E-state index in [4.69, 9.17) is 16.3 Å². The lowest BCUT2D eigenvalue weighted by molar-refractivity contribution is -0.384. The Morgan fingerprint density at radius 1 is 1.55 bits per heavy atom. The van der Waals surface area contributed by atoms with Gasteiger partial charge in [-0.1, -0.05) is 11.6 Å². The van der Waals surface area contributed by atoms with Gasteiger partial charge in [-0.15, -0.1) is 0 Å². The summed E-state index contributed by atoms with van der Waals surface area (Å²) in [5, 5.41) is 10.9. The minimum atomic E-state index is -0.590. The maximum atomic E-state index is 12.4. The monoisotopic (exact) mass is 298 g/mol. The van der Waals surface area contributed by atoms with Crippen molar-refractivity contribution >= 4 is 23.2 Å². The molecule has 20 heavy (non-hydrogen) atoms. The van der Waals surface area contributed by atoms with Crippen LogP contribution in [0.15, 0.2) is 18.2 Å². The number of ether oxygens (including phenoxy) is 1. The molecule has 1 aromatic rings. The molecule has 0 radical (unpaired) electrons. The Morgan fingerprint density at radius 3 is 2.95 bits per heavy atom. The number of hydrogen-bond acceptors (Lipinski definition) is 4. The third-order valence-electron chi connectivity index (χ3n) is 3.39. The van der Waals surface area contributed by atoms with Gasteiger partial charge in [-0.2, -0.15) is 0 Å². The van der Waals surface area contributed by atoms with Crippen molar-refractivity contribution in [1.29, 1.82) is 0 Å². The summed E-state index contributed by atoms with van der Waals surface area (Å²) in [6, 6.07) is 4.11. The summed E-state index contributed by atoms with van der Waals surface area (Å²) in [6.45, 7) is 1.14. The van der Waals surface area contributed by atoms with Crippen molar-refractivity contribution in [3.63, 3.8) is 0 Å². The van der Waals surface area contributed by atoms with E-state index in [1.807, 2.05) is 0 Å². The van der Waals surface area contributed by atoms with Crippen LogP contribution in [0.1, 0.15) is 23.2 Å². The van der Waals surface area contributed by atoms with Crippen LogP contribution in [0, 0.1) is 10.1 Å². The Morgan fingerprint density at radius 2 is 2.30 bits per heavy atom. The van der Waals surface area contributed by atoms with Gasteiger partial charge in [-0.25, -0.2) is 0 Å². The molecule has 1 fully saturated rings. The van der Waals surface area contributed by atoms with E-state index in [-0.39, 0.29) is 28.3 Å². The van der Waals surface area contributed by atoms with Crippen LogP contribution >= 0.6 is 11.6 Å². The number of benzene rings is 1. The third-order valence-corrected chi connectivity index (χ3v) is 3.71. The van der Waals surface area contributed by atoms with E-state index in [1.165, 1.54) is 18.2 Å². The van der Waals surface area contributed by atoms with Gasteiger partial charge in [-0.3, -0.25) is 14.9 Å². The van der Waals surface area contributed by atoms with E-state index >= 15 is 0 Å². The molecule has 1 saturated heterocycles. The number of likely N-dealkylation sites (tertiary alicyclic amines) is 1. The predicted octanol–water partition coefficient (Wildman–Crippen LogP) is 2.50. The van der Waals surface area contributed by atoms with Gasteiger partial charge in [0.15, 0.2) is 0 Å². The molecule has 1 amide bonds. The van der Waals surface area contributed by atoms with Crippen molar-refractivity contribution in [2.24, 2.45) is 0 Å². The number of carbonyl (C=O) groups excluding carboxylic acids is 1. The molecule has 2 rings (SSSR count). The van der Waals surface area contributed by atoms with E-state index in [0.717, 1.165) is 12.8 Å². The van der Waals surface area contributed by atoms with Crippen LogP contribution in [-0.4, -0.2) is 42.0 Å². The van der Waals surface area contributed by atoms with Crippen molar-refractivity contribution < 1.29 is 14.5 Å². The minimum Gasteiger partial charge on any atom is -0.380 e. The van der Waals surface area contributed by atoms with Gasteiger partial charge in [0.1, 0.15) is 5.02 Å². The molecule has 1 atom stereocenters. The van der Waals surface area contributed by atoms with Crippen molar-refractivity contribution in [1.82, 2.24) is 4.90 Å². The SMILES string of the molecule is COC1CCCN(C(=O)c2ccc(Cl)c([N+](=O)[O-])c2)C1. The Kier molecular flexibility index (Phi) is 4.57. The van der Waals surface area contributed by atoms with Gasteiger partial charge in [0.25, 0.3) is 11.6 Å². The summed E-state index contributed by atoms with van der Waals surface area (Å²) in [4.78, 5) is 24.3. The second-order valence-corrected chi connectivity index (χ2v) is 5.08. The van der Waals surface area contributed by atoms with Gasteiger partial charge < -0.3 is 9.64 Å². The van der Waals surface area contributed by atoms with Crippen molar-refractivity contribution in [3.05, 3.63) is 38.9 Å². The van der Waals surface area contributed by atoms with Crippen molar-refractivity contribution in [2.75, 3.05) is 20.2 Å². The summed E-state index contributed by atoms with van der Waals surface area (Å²) in [7, 11) is 1.62. The van der Waals surface area contributed by atoms with E-state index in [2.05, 4.69) is 0 Å². The molecule has 0 N–H and O–H groups in total. The smallest absolute Gasteiger partial charge is 0.288 e. The lowest BCUT2D eigenvalue weighted by Crippen LogP contribution is -2.42. The highest BCUT2D eigenvalue weighted by Crippen LogP contribution is 2.26. The predicted molar refractivity (Wildman–Crippen MR) is 74.0 cm³/mol. The van der Waals surface area contributed by atoms with Crippen LogP contribution in [0.2, 0.25) is 5.02 Å². The molecule has 108 valence electrons. The average molecular weight is 299 g/mol. The zero-order valence-electron chi connectivity index (χ0n) is 11.0. The molecule has 0 spiro atoms. The van der Waals surface area contributed by atoms with Crippen molar-refractivity contribution in [2.45, 2.75) is 18.9 Å². The van der Waals surface area contributed by atoms with E-state index in [0.29, 0.717) is 13.1 Å². The number of nitrogens with zero attached hydrogens (tertiary/aromatic N) is 2. The summed E-state index contributed by atoms with van der Waals surface area (Å²) in [5.74, 6) is -0.230. The molecule has 1 aliphatic heterocycles. The number of methoxy groups -OCH3 is 1. The van der Waals surface area contributed by atoms with Gasteiger partial charge >= 0.3 is 0 Å². The van der Waals surface area contributed by atoms with Gasteiger partial charge in [0, 0.05) is 31.8 Å². The number of halogens is 1. The molecular formula is C13H15ClN2O4. The second-order valence-electron chi connectivity index (χ2n) is 4.67. The first-order valence-electron chi connectivity index (χ1n) is 6.29. The Labute approximate surface area is 121 Å². The summed E-state index contributed by atoms with van der Waals surface area (Å²) >= 11 is 5.74. The largest absolute Gasteiger partial charge is 0.380 e. The highest BCUT2D eigenvalue weighted by Gasteiger charge is 2.25. The average Bonchev–Trinajstić information content (AvgIpc) is 2.46. The van der Waals surface area contributed by atoms with E-state index in [9.17, 15) is 14.9 Å². The van der Waals surface area contributed by atoms with E-state index in [1.54, 1.807) is 12.0 Å². The van der Waals surface area contributed by atoms with Crippen LogP contribution in [0.25, 0.3) is 0 Å². The molecule has 1 aliphatic rings. The molecule has 1 aromatic carbocycles. The summed E-state index contributed by atoms with van der Waals surface area (Å²) < 4.78 is 5.27. The third kappa shape index (κ3) is 3.08. The fourth-order valence-corrected chi connectivity index (χ4v) is 2.47. The van der Waals surface area contributed by atoms with E-state index < -0.39 is 4.92 Å². The zero-order valence-corrected chi connectivity index (χ0v) is 11.8. The fourth-order valence-electron chi connectivity index (χ4n) is 2.28. The Balaban J connectivity index is 2.20. The number of carbonyl (C=O) groups is 1. The quantitative estimate of drug-likeness (QED) is 0.635. The normalized spacial score (nSPS) is 18.9. The van der Waals surface area contributed by atoms with Gasteiger partial charge in [-0.05, 0) is 25.0 Å². The lowest BCUT2D eigenvalue weighted by atomic mass is 10.1. The number of nitro benzene ring substituents is 1. The molecule has 7 heteroatoms.